The van der Waals surface area contributed by atoms with Crippen LogP contribution in [0.4, 0.5) is 8.78 Å². The molecule has 0 fully saturated rings. The van der Waals surface area contributed by atoms with Gasteiger partial charge in [0.15, 0.2) is 11.6 Å². The van der Waals surface area contributed by atoms with Crippen LogP contribution in [0.2, 0.25) is 0 Å². The van der Waals surface area contributed by atoms with E-state index < -0.39 is 12.7 Å². The second-order valence-electron chi connectivity index (χ2n) is 3.10. The molecule has 0 amide bonds. The summed E-state index contributed by atoms with van der Waals surface area (Å²) in [7, 11) is 0. The lowest BCUT2D eigenvalue weighted by molar-refractivity contribution is 0.184. The normalized spacial score (nSPS) is 10.5. The highest BCUT2D eigenvalue weighted by Gasteiger charge is 2.06. The molecule has 13 heavy (non-hydrogen) atoms. The number of hydrogen-bond acceptors (Lipinski definition) is 1. The summed E-state index contributed by atoms with van der Waals surface area (Å²) in [6.45, 7) is 2.92. The molecule has 0 aliphatic rings. The van der Waals surface area contributed by atoms with Crippen molar-refractivity contribution in [3.63, 3.8) is 0 Å². The molecule has 1 nitrogen and oxygen atoms in total. The van der Waals surface area contributed by atoms with Crippen LogP contribution in [0.15, 0.2) is 18.2 Å². The predicted octanol–water partition coefficient (Wildman–Crippen LogP) is 3.25. The van der Waals surface area contributed by atoms with Crippen molar-refractivity contribution in [3.05, 3.63) is 29.6 Å². The van der Waals surface area contributed by atoms with Gasteiger partial charge in [-0.15, -0.1) is 0 Å². The van der Waals surface area contributed by atoms with Crippen molar-refractivity contribution in [2.24, 2.45) is 0 Å². The van der Waals surface area contributed by atoms with Gasteiger partial charge in [0, 0.05) is 0 Å². The molecule has 0 radical (unpaired) electrons. The molecular formula is C10H12F2O. The summed E-state index contributed by atoms with van der Waals surface area (Å²) in [6, 6.07) is 4.55. The van der Waals surface area contributed by atoms with E-state index in [1.807, 2.05) is 13.8 Å². The van der Waals surface area contributed by atoms with Crippen molar-refractivity contribution in [1.29, 1.82) is 0 Å². The molecule has 0 N–H and O–H groups in total. The molecule has 0 saturated heterocycles. The Morgan fingerprint density at radius 1 is 1.38 bits per heavy atom. The maximum absolute atomic E-state index is 13.1. The third-order valence-electron chi connectivity index (χ3n) is 1.83. The van der Waals surface area contributed by atoms with Gasteiger partial charge in [0.2, 0.25) is 6.86 Å². The molecule has 0 heterocycles. The average molecular weight is 186 g/mol. The lowest BCUT2D eigenvalue weighted by atomic mass is 10.0. The number of halogens is 2. The molecule has 0 aliphatic heterocycles. The lowest BCUT2D eigenvalue weighted by Gasteiger charge is -2.07. The fourth-order valence-corrected chi connectivity index (χ4v) is 1.05. The van der Waals surface area contributed by atoms with Crippen LogP contribution >= 0.6 is 0 Å². The van der Waals surface area contributed by atoms with Crippen molar-refractivity contribution in [3.8, 4) is 5.75 Å². The van der Waals surface area contributed by atoms with E-state index in [4.69, 9.17) is 0 Å². The standard InChI is InChI=1S/C10H12F2O/c1-7(2)8-3-4-10(13-6-11)9(12)5-8/h3-5,7H,6H2,1-2H3. The Balaban J connectivity index is 2.92. The van der Waals surface area contributed by atoms with Gasteiger partial charge in [0.05, 0.1) is 0 Å². The van der Waals surface area contributed by atoms with Gasteiger partial charge in [-0.05, 0) is 23.6 Å². The van der Waals surface area contributed by atoms with Crippen molar-refractivity contribution in [1.82, 2.24) is 0 Å². The van der Waals surface area contributed by atoms with Gasteiger partial charge in [-0.2, -0.15) is 0 Å². The molecule has 0 spiro atoms. The van der Waals surface area contributed by atoms with Crippen LogP contribution in [0.3, 0.4) is 0 Å². The summed E-state index contributed by atoms with van der Waals surface area (Å²) >= 11 is 0. The molecule has 0 aliphatic carbocycles. The maximum Gasteiger partial charge on any atom is 0.228 e. The van der Waals surface area contributed by atoms with Crippen LogP contribution in [0.1, 0.15) is 25.3 Å². The zero-order valence-electron chi connectivity index (χ0n) is 7.68. The summed E-state index contributed by atoms with van der Waals surface area (Å²) in [5.41, 5.74) is 0.878. The Bertz CT molecular complexity index is 284. The highest BCUT2D eigenvalue weighted by molar-refractivity contribution is 5.30. The Hall–Kier alpha value is -1.12. The smallest absolute Gasteiger partial charge is 0.228 e. The molecule has 1 aromatic carbocycles. The molecule has 0 atom stereocenters. The highest BCUT2D eigenvalue weighted by atomic mass is 19.1. The van der Waals surface area contributed by atoms with Gasteiger partial charge in [-0.3, -0.25) is 0 Å². The third kappa shape index (κ3) is 2.41. The molecule has 3 heteroatoms. The van der Waals surface area contributed by atoms with Crippen LogP contribution in [-0.2, 0) is 0 Å². The number of benzene rings is 1. The van der Waals surface area contributed by atoms with E-state index >= 15 is 0 Å². The molecule has 0 saturated carbocycles. The molecule has 0 aromatic heterocycles. The second-order valence-corrected chi connectivity index (χ2v) is 3.10. The fourth-order valence-electron chi connectivity index (χ4n) is 1.05. The third-order valence-corrected chi connectivity index (χ3v) is 1.83. The van der Waals surface area contributed by atoms with E-state index in [0.29, 0.717) is 0 Å². The van der Waals surface area contributed by atoms with Gasteiger partial charge in [0.1, 0.15) is 0 Å². The van der Waals surface area contributed by atoms with E-state index in [1.54, 1.807) is 6.07 Å². The zero-order chi connectivity index (χ0) is 9.84. The largest absolute Gasteiger partial charge is 0.460 e. The first-order valence-electron chi connectivity index (χ1n) is 4.13. The topological polar surface area (TPSA) is 9.23 Å². The van der Waals surface area contributed by atoms with Crippen LogP contribution in [0.25, 0.3) is 0 Å². The van der Waals surface area contributed by atoms with E-state index in [2.05, 4.69) is 4.74 Å². The van der Waals surface area contributed by atoms with Gasteiger partial charge >= 0.3 is 0 Å². The van der Waals surface area contributed by atoms with Crippen molar-refractivity contribution < 1.29 is 13.5 Å². The summed E-state index contributed by atoms with van der Waals surface area (Å²) in [6.07, 6.45) is 0. The van der Waals surface area contributed by atoms with E-state index in [0.717, 1.165) is 5.56 Å². The summed E-state index contributed by atoms with van der Waals surface area (Å²) in [5.74, 6) is -0.287. The van der Waals surface area contributed by atoms with E-state index in [9.17, 15) is 8.78 Å². The monoisotopic (exact) mass is 186 g/mol. The van der Waals surface area contributed by atoms with E-state index in [-0.39, 0.29) is 11.7 Å². The SMILES string of the molecule is CC(C)c1ccc(OCF)c(F)c1. The van der Waals surface area contributed by atoms with E-state index in [1.165, 1.54) is 12.1 Å². The number of alkyl halides is 1. The van der Waals surface area contributed by atoms with Crippen molar-refractivity contribution in [2.75, 3.05) is 6.86 Å². The van der Waals surface area contributed by atoms with Crippen LogP contribution in [0.5, 0.6) is 5.75 Å². The molecule has 1 rings (SSSR count). The minimum Gasteiger partial charge on any atom is -0.460 e. The number of ether oxygens (including phenoxy) is 1. The van der Waals surface area contributed by atoms with Gasteiger partial charge < -0.3 is 4.74 Å². The zero-order valence-corrected chi connectivity index (χ0v) is 7.68. The quantitative estimate of drug-likeness (QED) is 0.704. The number of rotatable bonds is 3. The summed E-state index contributed by atoms with van der Waals surface area (Å²) < 4.78 is 29.3. The van der Waals surface area contributed by atoms with Crippen molar-refractivity contribution in [2.45, 2.75) is 19.8 Å². The van der Waals surface area contributed by atoms with Crippen LogP contribution in [0, 0.1) is 5.82 Å². The van der Waals surface area contributed by atoms with Crippen LogP contribution < -0.4 is 4.74 Å². The molecular weight excluding hydrogens is 174 g/mol. The summed E-state index contributed by atoms with van der Waals surface area (Å²) in [5, 5.41) is 0. The first-order valence-corrected chi connectivity index (χ1v) is 4.13. The molecule has 72 valence electrons. The first kappa shape index (κ1) is 9.96. The second kappa shape index (κ2) is 4.21. The van der Waals surface area contributed by atoms with Crippen LogP contribution in [-0.4, -0.2) is 6.86 Å². The Morgan fingerprint density at radius 2 is 2.08 bits per heavy atom. The minimum absolute atomic E-state index is 0.0353. The van der Waals surface area contributed by atoms with Gasteiger partial charge in [0.25, 0.3) is 0 Å². The maximum atomic E-state index is 13.1. The Morgan fingerprint density at radius 3 is 2.54 bits per heavy atom. The van der Waals surface area contributed by atoms with Gasteiger partial charge in [-0.1, -0.05) is 19.9 Å². The lowest BCUT2D eigenvalue weighted by Crippen LogP contribution is -1.95. The molecule has 0 bridgehead atoms. The minimum atomic E-state index is -1.00. The number of hydrogen-bond donors (Lipinski definition) is 0. The fraction of sp³-hybridized carbons (Fsp3) is 0.400. The average Bonchev–Trinajstić information content (AvgIpc) is 2.08. The predicted molar refractivity (Wildman–Crippen MR) is 47.1 cm³/mol. The molecule has 1 aromatic rings. The first-order chi connectivity index (χ1) is 6.15. The van der Waals surface area contributed by atoms with Crippen molar-refractivity contribution >= 4 is 0 Å². The van der Waals surface area contributed by atoms with Gasteiger partial charge in [-0.25, -0.2) is 8.78 Å². The Labute approximate surface area is 76.3 Å². The highest BCUT2D eigenvalue weighted by Crippen LogP contribution is 2.22. The molecule has 0 unspecified atom stereocenters. The Kier molecular flexibility index (Phi) is 3.23. The summed E-state index contributed by atoms with van der Waals surface area (Å²) in [4.78, 5) is 0.